The van der Waals surface area contributed by atoms with Gasteiger partial charge in [-0.3, -0.25) is 4.79 Å². The zero-order valence-electron chi connectivity index (χ0n) is 24.4. The number of amides is 1. The molecule has 1 amide bonds. The van der Waals surface area contributed by atoms with E-state index in [0.29, 0.717) is 63.4 Å². The largest absolute Gasteiger partial charge is 0.462 e. The molecule has 2 aromatic rings. The molecule has 0 radical (unpaired) electrons. The summed E-state index contributed by atoms with van der Waals surface area (Å²) in [4.78, 5) is 29.5. The maximum atomic E-state index is 13.5. The van der Waals surface area contributed by atoms with Crippen LogP contribution < -0.4 is 15.0 Å². The molecule has 0 spiro atoms. The van der Waals surface area contributed by atoms with Gasteiger partial charge in [-0.15, -0.1) is 0 Å². The maximum Gasteiger partial charge on any atom is 0.317 e. The first-order chi connectivity index (χ1) is 19.9. The SMILES string of the molecule is Cc1cccc(N2CCc3c(C=C(CO)C(=O)N4CCN[C@@H](CC#N)C4)nc(OC[C@@H]4CCCN4C)nc3C2)c1C. The molecule has 0 saturated carbocycles. The molecule has 0 aliphatic carbocycles. The highest BCUT2D eigenvalue weighted by Crippen LogP contribution is 2.31. The Bertz CT molecular complexity index is 1340. The van der Waals surface area contributed by atoms with Crippen LogP contribution in [0.2, 0.25) is 0 Å². The Morgan fingerprint density at radius 2 is 2.12 bits per heavy atom. The number of aromatic nitrogens is 2. The minimum Gasteiger partial charge on any atom is -0.462 e. The van der Waals surface area contributed by atoms with E-state index in [-0.39, 0.29) is 17.5 Å². The third-order valence-electron chi connectivity index (χ3n) is 8.71. The number of carbonyl (C=O) groups is 1. The second-order valence-electron chi connectivity index (χ2n) is 11.4. The van der Waals surface area contributed by atoms with Crippen molar-refractivity contribution in [2.45, 2.75) is 58.2 Å². The Kier molecular flexibility index (Phi) is 9.18. The molecule has 10 nitrogen and oxygen atoms in total. The molecule has 41 heavy (non-hydrogen) atoms. The average molecular weight is 560 g/mol. The average Bonchev–Trinajstić information content (AvgIpc) is 3.40. The van der Waals surface area contributed by atoms with Gasteiger partial charge in [0, 0.05) is 55.1 Å². The Morgan fingerprint density at radius 1 is 1.27 bits per heavy atom. The third-order valence-corrected chi connectivity index (χ3v) is 8.71. The lowest BCUT2D eigenvalue weighted by molar-refractivity contribution is -0.128. The van der Waals surface area contributed by atoms with Crippen LogP contribution in [0.25, 0.3) is 6.08 Å². The number of aliphatic hydroxyl groups is 1. The quantitative estimate of drug-likeness (QED) is 0.470. The van der Waals surface area contributed by atoms with Gasteiger partial charge >= 0.3 is 6.01 Å². The first kappa shape index (κ1) is 29.0. The highest BCUT2D eigenvalue weighted by molar-refractivity contribution is 5.98. The summed E-state index contributed by atoms with van der Waals surface area (Å²) in [5.74, 6) is -0.229. The molecule has 2 N–H and O–H groups in total. The fraction of sp³-hybridized carbons (Fsp3) is 0.548. The Hall–Kier alpha value is -3.52. The molecule has 0 bridgehead atoms. The fourth-order valence-corrected chi connectivity index (χ4v) is 6.06. The van der Waals surface area contributed by atoms with Crippen molar-refractivity contribution >= 4 is 17.7 Å². The van der Waals surface area contributed by atoms with Gasteiger partial charge < -0.3 is 29.9 Å². The molecule has 3 aliphatic heterocycles. The van der Waals surface area contributed by atoms with E-state index in [1.54, 1.807) is 11.0 Å². The van der Waals surface area contributed by atoms with Gasteiger partial charge in [0.25, 0.3) is 5.91 Å². The summed E-state index contributed by atoms with van der Waals surface area (Å²) < 4.78 is 6.18. The molecule has 3 aliphatic rings. The van der Waals surface area contributed by atoms with Crippen molar-refractivity contribution < 1.29 is 14.6 Å². The van der Waals surface area contributed by atoms with Crippen LogP contribution in [-0.2, 0) is 17.8 Å². The van der Waals surface area contributed by atoms with Crippen LogP contribution >= 0.6 is 0 Å². The number of anilines is 1. The summed E-state index contributed by atoms with van der Waals surface area (Å²) >= 11 is 0. The van der Waals surface area contributed by atoms with Gasteiger partial charge in [0.2, 0.25) is 0 Å². The summed E-state index contributed by atoms with van der Waals surface area (Å²) in [6, 6.07) is 9.09. The lowest BCUT2D eigenvalue weighted by Gasteiger charge is -2.33. The number of carbonyl (C=O) groups excluding carboxylic acids is 1. The number of aliphatic hydroxyl groups excluding tert-OH is 1. The highest BCUT2D eigenvalue weighted by Gasteiger charge is 2.28. The zero-order chi connectivity index (χ0) is 28.9. The third kappa shape index (κ3) is 6.53. The molecule has 2 atom stereocenters. The summed E-state index contributed by atoms with van der Waals surface area (Å²) in [5, 5.41) is 22.7. The van der Waals surface area contributed by atoms with Gasteiger partial charge in [-0.25, -0.2) is 0 Å². The van der Waals surface area contributed by atoms with Gasteiger partial charge in [0.05, 0.1) is 37.0 Å². The van der Waals surface area contributed by atoms with E-state index in [0.717, 1.165) is 37.2 Å². The standard InChI is InChI=1S/C31H41N7O3/c1-21-6-4-8-29(22(21)2)37-14-10-26-27(16-23(19-39)30(40)38-15-12-33-24(17-38)9-11-32)34-31(35-28(26)18-37)41-20-25-7-5-13-36(25)3/h4,6,8,16,24-25,33,39H,5,7,9-10,12-15,17-20H2,1-3H3/t24-,25-/m0/s1. The monoisotopic (exact) mass is 559 g/mol. The summed E-state index contributed by atoms with van der Waals surface area (Å²) in [5.41, 5.74) is 6.48. The number of fused-ring (bicyclic) bond motifs is 1. The number of nitrogens with zero attached hydrogens (tertiary/aromatic N) is 6. The van der Waals surface area contributed by atoms with Crippen LogP contribution in [0.4, 0.5) is 5.69 Å². The van der Waals surface area contributed by atoms with Crippen molar-refractivity contribution in [3.63, 3.8) is 0 Å². The number of nitriles is 1. The molecule has 2 fully saturated rings. The van der Waals surface area contributed by atoms with Crippen LogP contribution in [0, 0.1) is 25.2 Å². The Morgan fingerprint density at radius 3 is 2.88 bits per heavy atom. The summed E-state index contributed by atoms with van der Waals surface area (Å²) in [6.07, 6.45) is 4.99. The molecule has 10 heteroatoms. The first-order valence-corrected chi connectivity index (χ1v) is 14.6. The van der Waals surface area contributed by atoms with Crippen LogP contribution in [0.3, 0.4) is 0 Å². The summed E-state index contributed by atoms with van der Waals surface area (Å²) in [7, 11) is 2.11. The minimum absolute atomic E-state index is 0.0748. The van der Waals surface area contributed by atoms with Gasteiger partial charge in [-0.2, -0.15) is 15.2 Å². The fourth-order valence-electron chi connectivity index (χ4n) is 6.06. The smallest absolute Gasteiger partial charge is 0.317 e. The molecular weight excluding hydrogens is 518 g/mol. The number of hydrogen-bond acceptors (Lipinski definition) is 9. The molecule has 4 heterocycles. The van der Waals surface area contributed by atoms with Crippen molar-refractivity contribution in [2.75, 3.05) is 57.9 Å². The number of hydrogen-bond donors (Lipinski definition) is 2. The Balaban J connectivity index is 1.45. The molecule has 0 unspecified atom stereocenters. The van der Waals surface area contributed by atoms with E-state index in [2.05, 4.69) is 60.3 Å². The maximum absolute atomic E-state index is 13.5. The van der Waals surface area contributed by atoms with Gasteiger partial charge in [-0.05, 0) is 70.0 Å². The van der Waals surface area contributed by atoms with Crippen LogP contribution in [0.5, 0.6) is 6.01 Å². The predicted molar refractivity (Wildman–Crippen MR) is 158 cm³/mol. The number of likely N-dealkylation sites (tertiary alicyclic amines) is 1. The number of aryl methyl sites for hydroxylation is 1. The lowest BCUT2D eigenvalue weighted by Crippen LogP contribution is -2.52. The molecular formula is C31H41N7O3. The Labute approximate surface area is 242 Å². The van der Waals surface area contributed by atoms with Crippen molar-refractivity contribution in [3.05, 3.63) is 51.9 Å². The van der Waals surface area contributed by atoms with Crippen molar-refractivity contribution in [1.29, 1.82) is 5.26 Å². The number of nitrogens with one attached hydrogen (secondary N) is 1. The van der Waals surface area contributed by atoms with E-state index in [1.807, 2.05) is 0 Å². The van der Waals surface area contributed by atoms with Crippen molar-refractivity contribution in [3.8, 4) is 12.1 Å². The predicted octanol–water partition coefficient (Wildman–Crippen LogP) is 2.22. The second kappa shape index (κ2) is 13.0. The molecule has 5 rings (SSSR count). The first-order valence-electron chi connectivity index (χ1n) is 14.6. The van der Waals surface area contributed by atoms with E-state index in [4.69, 9.17) is 20.0 Å². The molecule has 1 aromatic heterocycles. The van der Waals surface area contributed by atoms with Crippen molar-refractivity contribution in [2.24, 2.45) is 0 Å². The topological polar surface area (TPSA) is 118 Å². The number of rotatable bonds is 8. The number of ether oxygens (including phenoxy) is 1. The number of benzene rings is 1. The van der Waals surface area contributed by atoms with Crippen LogP contribution in [-0.4, -0.2) is 95.9 Å². The second-order valence-corrected chi connectivity index (χ2v) is 11.4. The van der Waals surface area contributed by atoms with Gasteiger partial charge in [-0.1, -0.05) is 12.1 Å². The molecule has 1 aromatic carbocycles. The number of piperazine rings is 1. The highest BCUT2D eigenvalue weighted by atomic mass is 16.5. The van der Waals surface area contributed by atoms with E-state index < -0.39 is 6.61 Å². The number of likely N-dealkylation sites (N-methyl/N-ethyl adjacent to an activating group) is 1. The van der Waals surface area contributed by atoms with E-state index in [1.165, 1.54) is 16.8 Å². The van der Waals surface area contributed by atoms with Crippen LogP contribution in [0.1, 0.15) is 47.3 Å². The van der Waals surface area contributed by atoms with Gasteiger partial charge in [0.15, 0.2) is 0 Å². The van der Waals surface area contributed by atoms with Crippen molar-refractivity contribution in [1.82, 2.24) is 25.1 Å². The van der Waals surface area contributed by atoms with E-state index >= 15 is 0 Å². The zero-order valence-corrected chi connectivity index (χ0v) is 24.4. The molecule has 218 valence electrons. The molecule has 2 saturated heterocycles. The van der Waals surface area contributed by atoms with Crippen LogP contribution in [0.15, 0.2) is 23.8 Å². The van der Waals surface area contributed by atoms with Gasteiger partial charge in [0.1, 0.15) is 6.61 Å². The minimum atomic E-state index is -0.401. The summed E-state index contributed by atoms with van der Waals surface area (Å²) in [6.45, 7) is 8.41. The normalized spacial score (nSPS) is 21.5. The lowest BCUT2D eigenvalue weighted by atomic mass is 9.99. The van der Waals surface area contributed by atoms with E-state index in [9.17, 15) is 9.90 Å².